The van der Waals surface area contributed by atoms with Crippen LogP contribution < -0.4 is 67.2 Å². The zero-order chi connectivity index (χ0) is 26.8. The summed E-state index contributed by atoms with van der Waals surface area (Å²) in [7, 11) is 3.12. The second kappa shape index (κ2) is 21.1. The first kappa shape index (κ1) is 36.2. The van der Waals surface area contributed by atoms with Gasteiger partial charge in [0.1, 0.15) is 5.82 Å². The van der Waals surface area contributed by atoms with Crippen LogP contribution in [0.1, 0.15) is 63.9 Å². The molecule has 8 heteroatoms. The number of halogens is 1. The maximum Gasteiger partial charge on any atom is 1.00 e. The average Bonchev–Trinajstić information content (AvgIpc) is 2.99. The van der Waals surface area contributed by atoms with E-state index in [1.807, 2.05) is 20.8 Å². The van der Waals surface area contributed by atoms with Crippen molar-refractivity contribution < 1.29 is 60.6 Å². The van der Waals surface area contributed by atoms with Gasteiger partial charge in [0.15, 0.2) is 0 Å². The Hall–Kier alpha value is -1.99. The van der Waals surface area contributed by atoms with E-state index in [-0.39, 0.29) is 63.1 Å². The molecule has 0 saturated carbocycles. The summed E-state index contributed by atoms with van der Waals surface area (Å²) < 4.78 is 11.9. The van der Waals surface area contributed by atoms with Crippen molar-refractivity contribution in [1.29, 1.82) is 0 Å². The first-order chi connectivity index (χ1) is 16.7. The maximum absolute atomic E-state index is 12.2. The molecular weight excluding hydrogens is 482 g/mol. The minimum absolute atomic E-state index is 0. The molecule has 1 aliphatic heterocycles. The molecule has 6 nitrogen and oxygen atoms in total. The number of fused-ring (bicyclic) bond motifs is 1. The molecule has 2 N–H and O–H groups in total. The van der Waals surface area contributed by atoms with Crippen LogP contribution >= 0.6 is 0 Å². The molecule has 0 radical (unpaired) electrons. The SMILES string of the molecule is CC.CC(C)C.CCC#C/C=C1\C=NNC(=O)c2cc(N(C)[O-])cc(NC)c21.Fc1ccccc1.[K+]. The Bertz CT molecular complexity index is 1020. The summed E-state index contributed by atoms with van der Waals surface area (Å²) in [6.07, 6.45) is 4.01. The fourth-order valence-corrected chi connectivity index (χ4v) is 2.54. The first-order valence-electron chi connectivity index (χ1n) is 11.7. The average molecular weight is 521 g/mol. The van der Waals surface area contributed by atoms with Crippen LogP contribution in [-0.2, 0) is 0 Å². The summed E-state index contributed by atoms with van der Waals surface area (Å²) in [6, 6.07) is 11.2. The number of hydrazone groups is 1. The number of nitrogens with one attached hydrogen (secondary N) is 2. The summed E-state index contributed by atoms with van der Waals surface area (Å²) in [6.45, 7) is 12.5. The third-order valence-electron chi connectivity index (χ3n) is 3.90. The molecule has 1 heterocycles. The Morgan fingerprint density at radius 1 is 1.19 bits per heavy atom. The van der Waals surface area contributed by atoms with Crippen LogP contribution in [0, 0.1) is 28.8 Å². The monoisotopic (exact) mass is 520 g/mol. The first-order valence-corrected chi connectivity index (χ1v) is 11.7. The molecule has 1 aliphatic rings. The van der Waals surface area contributed by atoms with Crippen molar-refractivity contribution in [2.24, 2.45) is 11.0 Å². The van der Waals surface area contributed by atoms with E-state index in [0.717, 1.165) is 12.3 Å². The predicted molar refractivity (Wildman–Crippen MR) is 148 cm³/mol. The Morgan fingerprint density at radius 2 is 1.78 bits per heavy atom. The molecule has 0 saturated heterocycles. The van der Waals surface area contributed by atoms with E-state index in [9.17, 15) is 14.4 Å². The third kappa shape index (κ3) is 13.9. The minimum atomic E-state index is -0.363. The third-order valence-corrected chi connectivity index (χ3v) is 3.90. The van der Waals surface area contributed by atoms with Gasteiger partial charge in [0, 0.05) is 36.0 Å². The number of allylic oxidation sites excluding steroid dienone is 2. The maximum atomic E-state index is 12.2. The zero-order valence-electron chi connectivity index (χ0n) is 23.1. The van der Waals surface area contributed by atoms with Crippen molar-refractivity contribution in [2.45, 2.75) is 48.0 Å². The summed E-state index contributed by atoms with van der Waals surface area (Å²) >= 11 is 0. The molecular formula is C28H38FKN4O2. The molecule has 2 aromatic rings. The zero-order valence-corrected chi connectivity index (χ0v) is 26.2. The molecule has 0 unspecified atom stereocenters. The van der Waals surface area contributed by atoms with E-state index in [1.165, 1.54) is 19.2 Å². The van der Waals surface area contributed by atoms with Crippen LogP contribution in [0.15, 0.2) is 53.6 Å². The summed E-state index contributed by atoms with van der Waals surface area (Å²) in [5.41, 5.74) is 5.26. The molecule has 0 aromatic heterocycles. The van der Waals surface area contributed by atoms with Gasteiger partial charge in [0.2, 0.25) is 0 Å². The normalized spacial score (nSPS) is 11.8. The number of anilines is 2. The predicted octanol–water partition coefficient (Wildman–Crippen LogP) is 3.71. The number of carbonyl (C=O) groups is 1. The molecule has 1 amide bonds. The minimum Gasteiger partial charge on any atom is -0.758 e. The van der Waals surface area contributed by atoms with Gasteiger partial charge in [-0.2, -0.15) is 5.10 Å². The molecule has 0 bridgehead atoms. The summed E-state index contributed by atoms with van der Waals surface area (Å²) in [4.78, 5) is 12.2. The van der Waals surface area contributed by atoms with Crippen molar-refractivity contribution in [3.8, 4) is 11.8 Å². The van der Waals surface area contributed by atoms with Gasteiger partial charge in [-0.25, -0.2) is 9.82 Å². The number of hydrogen-bond donors (Lipinski definition) is 2. The standard InChI is InChI=1S/C16H17N4O2.C6H5F.C4H10.C2H6.K/c1-4-5-6-7-11-10-18-19-16(21)13-8-12(20(3)22)9-14(17-2)15(11)13;7-6-4-2-1-3-5-6;1-4(2)3;1-2;/h7-10,17H,4H2,1-3H3,(H,19,21);1-5H;4H,1-3H3;1-2H3;/q-1;;;;+1/b11-7+;;;;. The number of rotatable bonds is 2. The molecule has 0 atom stereocenters. The molecule has 0 fully saturated rings. The van der Waals surface area contributed by atoms with Gasteiger partial charge >= 0.3 is 51.4 Å². The topological polar surface area (TPSA) is 79.8 Å². The molecule has 0 aliphatic carbocycles. The fraction of sp³-hybridized carbons (Fsp3) is 0.357. The molecule has 190 valence electrons. The van der Waals surface area contributed by atoms with Gasteiger partial charge in [0.25, 0.3) is 5.91 Å². The van der Waals surface area contributed by atoms with E-state index in [4.69, 9.17) is 0 Å². The number of carbonyl (C=O) groups excluding carboxylic acids is 1. The summed E-state index contributed by atoms with van der Waals surface area (Å²) in [5.74, 6) is 6.18. The van der Waals surface area contributed by atoms with E-state index in [2.05, 4.69) is 48.5 Å². The Labute approximate surface area is 258 Å². The quantitative estimate of drug-likeness (QED) is 0.360. The van der Waals surface area contributed by atoms with Gasteiger partial charge in [-0.3, -0.25) is 4.79 Å². The summed E-state index contributed by atoms with van der Waals surface area (Å²) in [5, 5.41) is 19.2. The number of amides is 1. The van der Waals surface area contributed by atoms with Crippen LogP contribution in [0.2, 0.25) is 0 Å². The van der Waals surface area contributed by atoms with Crippen molar-refractivity contribution >= 4 is 29.1 Å². The van der Waals surface area contributed by atoms with Gasteiger partial charge in [-0.15, -0.1) is 0 Å². The second-order valence-electron chi connectivity index (χ2n) is 7.66. The number of nitrogens with zero attached hydrogens (tertiary/aromatic N) is 2. The Kier molecular flexibility index (Phi) is 21.2. The van der Waals surface area contributed by atoms with Crippen molar-refractivity contribution in [2.75, 3.05) is 24.5 Å². The van der Waals surface area contributed by atoms with Crippen molar-refractivity contribution in [1.82, 2.24) is 5.43 Å². The van der Waals surface area contributed by atoms with Gasteiger partial charge in [0.05, 0.1) is 11.8 Å². The largest absolute Gasteiger partial charge is 1.00 e. The molecule has 2 aromatic carbocycles. The van der Waals surface area contributed by atoms with Gasteiger partial charge < -0.3 is 15.6 Å². The van der Waals surface area contributed by atoms with E-state index in [0.29, 0.717) is 33.1 Å². The number of benzene rings is 2. The van der Waals surface area contributed by atoms with Crippen LogP contribution in [0.4, 0.5) is 15.8 Å². The van der Waals surface area contributed by atoms with Crippen LogP contribution in [-0.4, -0.2) is 26.2 Å². The van der Waals surface area contributed by atoms with Crippen LogP contribution in [0.25, 0.3) is 5.57 Å². The fourth-order valence-electron chi connectivity index (χ4n) is 2.54. The second-order valence-corrected chi connectivity index (χ2v) is 7.66. The van der Waals surface area contributed by atoms with Crippen molar-refractivity contribution in [3.63, 3.8) is 0 Å². The van der Waals surface area contributed by atoms with E-state index >= 15 is 0 Å². The van der Waals surface area contributed by atoms with Gasteiger partial charge in [-0.1, -0.05) is 71.6 Å². The van der Waals surface area contributed by atoms with E-state index in [1.54, 1.807) is 49.7 Å². The van der Waals surface area contributed by atoms with Crippen LogP contribution in [0.5, 0.6) is 0 Å². The number of hydroxylamine groups is 1. The smallest absolute Gasteiger partial charge is 0.758 e. The molecule has 36 heavy (non-hydrogen) atoms. The van der Waals surface area contributed by atoms with Crippen LogP contribution in [0.3, 0.4) is 0 Å². The van der Waals surface area contributed by atoms with E-state index < -0.39 is 0 Å². The number of hydrogen-bond acceptors (Lipinski definition) is 5. The molecule has 0 spiro atoms. The Morgan fingerprint density at radius 3 is 2.22 bits per heavy atom. The van der Waals surface area contributed by atoms with Gasteiger partial charge in [-0.05, 0) is 43.3 Å². The van der Waals surface area contributed by atoms with Crippen molar-refractivity contribution in [3.05, 3.63) is 70.7 Å². The molecule has 3 rings (SSSR count). The Balaban J connectivity index is 0.